The lowest BCUT2D eigenvalue weighted by Gasteiger charge is -2.39. The van der Waals surface area contributed by atoms with Gasteiger partial charge in [-0.15, -0.1) is 0 Å². The molecule has 2 N–H and O–H groups in total. The second kappa shape index (κ2) is 7.13. The monoisotopic (exact) mass is 307 g/mol. The molecule has 2 atom stereocenters. The van der Waals surface area contributed by atoms with Crippen LogP contribution in [0.25, 0.3) is 0 Å². The average Bonchev–Trinajstić information content (AvgIpc) is 2.47. The summed E-state index contributed by atoms with van der Waals surface area (Å²) in [6, 6.07) is 8.86. The van der Waals surface area contributed by atoms with Crippen molar-refractivity contribution < 1.29 is 5.11 Å². The molecule has 2 saturated carbocycles. The van der Waals surface area contributed by atoms with Gasteiger partial charge in [-0.05, 0) is 61.6 Å². The Morgan fingerprint density at radius 2 is 1.81 bits per heavy atom. The third kappa shape index (κ3) is 3.61. The van der Waals surface area contributed by atoms with E-state index in [9.17, 15) is 5.11 Å². The minimum Gasteiger partial charge on any atom is -0.396 e. The van der Waals surface area contributed by atoms with E-state index in [1.807, 2.05) is 12.1 Å². The van der Waals surface area contributed by atoms with Crippen molar-refractivity contribution in [1.29, 1.82) is 0 Å². The minimum atomic E-state index is 0.360. The molecule has 3 rings (SSSR count). The number of aliphatic hydroxyl groups is 1. The summed E-state index contributed by atoms with van der Waals surface area (Å²) in [6.07, 6.45) is 7.49. The first-order chi connectivity index (χ1) is 10.3. The van der Waals surface area contributed by atoms with Gasteiger partial charge in [-0.2, -0.15) is 0 Å². The van der Waals surface area contributed by atoms with E-state index < -0.39 is 0 Å². The van der Waals surface area contributed by atoms with Crippen molar-refractivity contribution in [3.8, 4) is 0 Å². The average molecular weight is 308 g/mol. The predicted octanol–water partition coefficient (Wildman–Crippen LogP) is 3.97. The molecule has 21 heavy (non-hydrogen) atoms. The van der Waals surface area contributed by atoms with Crippen LogP contribution >= 0.6 is 11.6 Å². The van der Waals surface area contributed by atoms with Crippen LogP contribution in [-0.2, 0) is 0 Å². The molecule has 0 aliphatic heterocycles. The van der Waals surface area contributed by atoms with Gasteiger partial charge in [-0.25, -0.2) is 0 Å². The Morgan fingerprint density at radius 1 is 1.10 bits per heavy atom. The smallest absolute Gasteiger partial charge is 0.0462 e. The van der Waals surface area contributed by atoms with Gasteiger partial charge in [0.05, 0.1) is 0 Å². The van der Waals surface area contributed by atoms with Crippen molar-refractivity contribution in [2.24, 2.45) is 11.8 Å². The lowest BCUT2D eigenvalue weighted by Crippen LogP contribution is -2.44. The third-order valence-corrected chi connectivity index (χ3v) is 5.80. The standard InChI is InChI=1S/C18H26ClNO/c19-18-8-4-3-7-17(18)15-9-16(10-15)20-11-13-5-1-2-6-14(13)12-21/h3-4,7-8,13-16,20-21H,1-2,5-6,9-12H2. The van der Waals surface area contributed by atoms with Crippen LogP contribution in [0.3, 0.4) is 0 Å². The molecular weight excluding hydrogens is 282 g/mol. The van der Waals surface area contributed by atoms with Crippen molar-refractivity contribution in [3.63, 3.8) is 0 Å². The molecule has 1 aromatic carbocycles. The number of aliphatic hydroxyl groups excluding tert-OH is 1. The first kappa shape index (κ1) is 15.3. The van der Waals surface area contributed by atoms with E-state index in [0.717, 1.165) is 11.6 Å². The molecule has 2 aliphatic carbocycles. The van der Waals surface area contributed by atoms with Gasteiger partial charge in [-0.1, -0.05) is 42.6 Å². The molecule has 116 valence electrons. The van der Waals surface area contributed by atoms with Gasteiger partial charge < -0.3 is 10.4 Å². The Hall–Kier alpha value is -0.570. The molecule has 0 radical (unpaired) electrons. The lowest BCUT2D eigenvalue weighted by atomic mass is 9.75. The minimum absolute atomic E-state index is 0.360. The van der Waals surface area contributed by atoms with Gasteiger partial charge in [0.1, 0.15) is 0 Å². The van der Waals surface area contributed by atoms with Crippen LogP contribution in [-0.4, -0.2) is 24.3 Å². The summed E-state index contributed by atoms with van der Waals surface area (Å²) in [6.45, 7) is 1.43. The largest absolute Gasteiger partial charge is 0.396 e. The number of rotatable bonds is 5. The summed E-state index contributed by atoms with van der Waals surface area (Å²) < 4.78 is 0. The molecule has 0 bridgehead atoms. The molecule has 2 aliphatic rings. The van der Waals surface area contributed by atoms with Gasteiger partial charge in [0.15, 0.2) is 0 Å². The molecule has 2 unspecified atom stereocenters. The van der Waals surface area contributed by atoms with Crippen LogP contribution in [0, 0.1) is 11.8 Å². The number of benzene rings is 1. The number of halogens is 1. The van der Waals surface area contributed by atoms with E-state index in [2.05, 4.69) is 17.4 Å². The Kier molecular flexibility index (Phi) is 5.20. The molecule has 2 fully saturated rings. The third-order valence-electron chi connectivity index (χ3n) is 5.45. The van der Waals surface area contributed by atoms with E-state index in [1.54, 1.807) is 0 Å². The summed E-state index contributed by atoms with van der Waals surface area (Å²) in [5.74, 6) is 1.81. The fourth-order valence-electron chi connectivity index (χ4n) is 3.96. The molecule has 0 amide bonds. The second-order valence-electron chi connectivity index (χ2n) is 6.78. The van der Waals surface area contributed by atoms with E-state index in [-0.39, 0.29) is 0 Å². The topological polar surface area (TPSA) is 32.3 Å². The van der Waals surface area contributed by atoms with Crippen LogP contribution in [0.2, 0.25) is 5.02 Å². The SMILES string of the molecule is OCC1CCCCC1CNC1CC(c2ccccc2Cl)C1. The maximum absolute atomic E-state index is 9.48. The number of hydrogen-bond donors (Lipinski definition) is 2. The van der Waals surface area contributed by atoms with Crippen molar-refractivity contribution >= 4 is 11.6 Å². The summed E-state index contributed by atoms with van der Waals surface area (Å²) in [4.78, 5) is 0. The Morgan fingerprint density at radius 3 is 2.52 bits per heavy atom. The Bertz CT molecular complexity index is 458. The van der Waals surface area contributed by atoms with Crippen LogP contribution in [0.15, 0.2) is 24.3 Å². The lowest BCUT2D eigenvalue weighted by molar-refractivity contribution is 0.126. The molecule has 0 spiro atoms. The molecule has 0 saturated heterocycles. The number of hydrogen-bond acceptors (Lipinski definition) is 2. The fourth-order valence-corrected chi connectivity index (χ4v) is 4.25. The van der Waals surface area contributed by atoms with Crippen molar-refractivity contribution in [2.45, 2.75) is 50.5 Å². The number of nitrogens with one attached hydrogen (secondary N) is 1. The Labute approximate surface area is 132 Å². The van der Waals surface area contributed by atoms with Crippen molar-refractivity contribution in [3.05, 3.63) is 34.9 Å². The van der Waals surface area contributed by atoms with E-state index in [4.69, 9.17) is 11.6 Å². The van der Waals surface area contributed by atoms with Gasteiger partial charge in [0, 0.05) is 17.7 Å². The highest BCUT2D eigenvalue weighted by atomic mass is 35.5. The highest BCUT2D eigenvalue weighted by Crippen LogP contribution is 2.40. The normalized spacial score (nSPS) is 32.7. The highest BCUT2D eigenvalue weighted by molar-refractivity contribution is 6.31. The molecular formula is C18H26ClNO. The molecule has 0 aromatic heterocycles. The van der Waals surface area contributed by atoms with E-state index >= 15 is 0 Å². The predicted molar refractivity (Wildman–Crippen MR) is 87.8 cm³/mol. The van der Waals surface area contributed by atoms with Gasteiger partial charge in [-0.3, -0.25) is 0 Å². The summed E-state index contributed by atoms with van der Waals surface area (Å²) >= 11 is 6.27. The summed E-state index contributed by atoms with van der Waals surface area (Å²) in [5, 5.41) is 14.1. The van der Waals surface area contributed by atoms with Gasteiger partial charge >= 0.3 is 0 Å². The van der Waals surface area contributed by atoms with Crippen LogP contribution in [0.5, 0.6) is 0 Å². The molecule has 1 aromatic rings. The summed E-state index contributed by atoms with van der Waals surface area (Å²) in [5.41, 5.74) is 1.31. The molecule has 2 nitrogen and oxygen atoms in total. The fraction of sp³-hybridized carbons (Fsp3) is 0.667. The van der Waals surface area contributed by atoms with E-state index in [0.29, 0.717) is 30.4 Å². The van der Waals surface area contributed by atoms with E-state index in [1.165, 1.54) is 44.1 Å². The first-order valence-corrected chi connectivity index (χ1v) is 8.74. The van der Waals surface area contributed by atoms with Crippen molar-refractivity contribution in [1.82, 2.24) is 5.32 Å². The maximum Gasteiger partial charge on any atom is 0.0462 e. The van der Waals surface area contributed by atoms with Crippen LogP contribution < -0.4 is 5.32 Å². The quantitative estimate of drug-likeness (QED) is 0.862. The molecule has 3 heteroatoms. The highest BCUT2D eigenvalue weighted by Gasteiger charge is 2.32. The van der Waals surface area contributed by atoms with Gasteiger partial charge in [0.25, 0.3) is 0 Å². The zero-order valence-corrected chi connectivity index (χ0v) is 13.4. The van der Waals surface area contributed by atoms with Crippen LogP contribution in [0.1, 0.15) is 50.0 Å². The van der Waals surface area contributed by atoms with Crippen LogP contribution in [0.4, 0.5) is 0 Å². The Balaban J connectivity index is 1.44. The first-order valence-electron chi connectivity index (χ1n) is 8.36. The van der Waals surface area contributed by atoms with Gasteiger partial charge in [0.2, 0.25) is 0 Å². The maximum atomic E-state index is 9.48. The summed E-state index contributed by atoms with van der Waals surface area (Å²) in [7, 11) is 0. The zero-order valence-electron chi connectivity index (χ0n) is 12.6. The van der Waals surface area contributed by atoms with Crippen molar-refractivity contribution in [2.75, 3.05) is 13.2 Å². The molecule has 0 heterocycles. The zero-order chi connectivity index (χ0) is 14.7. The second-order valence-corrected chi connectivity index (χ2v) is 7.19.